The molecule has 0 atom stereocenters. The van der Waals surface area contributed by atoms with E-state index < -0.39 is 17.6 Å². The van der Waals surface area contributed by atoms with Crippen molar-refractivity contribution in [1.82, 2.24) is 4.98 Å². The van der Waals surface area contributed by atoms with Gasteiger partial charge in [-0.05, 0) is 36.8 Å². The fourth-order valence-corrected chi connectivity index (χ4v) is 1.70. The third-order valence-corrected chi connectivity index (χ3v) is 2.76. The Bertz CT molecular complexity index is 655. The quantitative estimate of drug-likeness (QED) is 0.460. The zero-order valence-corrected chi connectivity index (χ0v) is 10.9. The highest BCUT2D eigenvalue weighted by atomic mass is 19.4. The fourth-order valence-electron chi connectivity index (χ4n) is 1.70. The molecule has 0 unspecified atom stereocenters. The molecule has 8 heteroatoms. The van der Waals surface area contributed by atoms with Gasteiger partial charge in [0.2, 0.25) is 0 Å². The summed E-state index contributed by atoms with van der Waals surface area (Å²) in [5.74, 6) is 4.36. The number of hydrogen-bond acceptors (Lipinski definition) is 4. The number of nitrogens with zero attached hydrogens (tertiary/aromatic N) is 1. The summed E-state index contributed by atoms with van der Waals surface area (Å²) in [6.45, 7) is 1.69. The minimum Gasteiger partial charge on any atom is -0.340 e. The molecule has 1 aromatic heterocycles. The van der Waals surface area contributed by atoms with Crippen molar-refractivity contribution in [2.45, 2.75) is 13.1 Å². The van der Waals surface area contributed by atoms with Gasteiger partial charge in [-0.3, -0.25) is 0 Å². The van der Waals surface area contributed by atoms with Gasteiger partial charge in [-0.2, -0.15) is 13.2 Å². The van der Waals surface area contributed by atoms with E-state index in [1.165, 1.54) is 18.2 Å². The topological polar surface area (TPSA) is 63.0 Å². The van der Waals surface area contributed by atoms with Crippen molar-refractivity contribution in [2.24, 2.45) is 5.84 Å². The number of anilines is 3. The lowest BCUT2D eigenvalue weighted by Crippen LogP contribution is -2.13. The number of pyridine rings is 1. The summed E-state index contributed by atoms with van der Waals surface area (Å²) in [7, 11) is 0. The number of hydrazine groups is 1. The lowest BCUT2D eigenvalue weighted by molar-refractivity contribution is -0.137. The Balaban J connectivity index is 2.42. The number of alkyl halides is 3. The molecule has 0 saturated heterocycles. The van der Waals surface area contributed by atoms with Crippen LogP contribution in [0, 0.1) is 12.7 Å². The van der Waals surface area contributed by atoms with Crippen molar-refractivity contribution in [3.05, 3.63) is 47.3 Å². The van der Waals surface area contributed by atoms with Crippen LogP contribution in [0.4, 0.5) is 34.9 Å². The van der Waals surface area contributed by atoms with Gasteiger partial charge in [-0.15, -0.1) is 0 Å². The lowest BCUT2D eigenvalue weighted by atomic mass is 10.2. The number of aromatic nitrogens is 1. The van der Waals surface area contributed by atoms with E-state index in [2.05, 4.69) is 15.7 Å². The molecule has 0 bridgehead atoms. The molecule has 0 aliphatic carbocycles. The van der Waals surface area contributed by atoms with E-state index >= 15 is 0 Å². The van der Waals surface area contributed by atoms with Gasteiger partial charge < -0.3 is 10.7 Å². The van der Waals surface area contributed by atoms with E-state index in [-0.39, 0.29) is 11.6 Å². The maximum atomic E-state index is 13.2. The predicted octanol–water partition coefficient (Wildman–Crippen LogP) is 3.58. The molecule has 4 N–H and O–H groups in total. The predicted molar refractivity (Wildman–Crippen MR) is 71.5 cm³/mol. The smallest absolute Gasteiger partial charge is 0.340 e. The Morgan fingerprint density at radius 3 is 2.38 bits per heavy atom. The first-order chi connectivity index (χ1) is 9.79. The van der Waals surface area contributed by atoms with Crippen molar-refractivity contribution in [3.63, 3.8) is 0 Å². The van der Waals surface area contributed by atoms with Crippen molar-refractivity contribution in [3.8, 4) is 0 Å². The van der Waals surface area contributed by atoms with E-state index in [4.69, 9.17) is 5.84 Å². The molecular weight excluding hydrogens is 288 g/mol. The Hall–Kier alpha value is -2.35. The molecule has 0 spiro atoms. The van der Waals surface area contributed by atoms with E-state index in [1.54, 1.807) is 6.92 Å². The number of rotatable bonds is 3. The molecule has 1 aromatic carbocycles. The van der Waals surface area contributed by atoms with Crippen LogP contribution in [0.3, 0.4) is 0 Å². The average Bonchev–Trinajstić information content (AvgIpc) is 2.41. The van der Waals surface area contributed by atoms with Crippen molar-refractivity contribution >= 4 is 17.3 Å². The molecule has 21 heavy (non-hydrogen) atoms. The molecule has 0 radical (unpaired) electrons. The minimum absolute atomic E-state index is 0.0912. The third kappa shape index (κ3) is 3.60. The average molecular weight is 300 g/mol. The van der Waals surface area contributed by atoms with E-state index in [0.717, 1.165) is 12.1 Å². The van der Waals surface area contributed by atoms with Gasteiger partial charge in [0.15, 0.2) is 0 Å². The van der Waals surface area contributed by atoms with E-state index in [1.807, 2.05) is 0 Å². The van der Waals surface area contributed by atoms with Crippen molar-refractivity contribution in [1.29, 1.82) is 0 Å². The van der Waals surface area contributed by atoms with Crippen LogP contribution in [0.25, 0.3) is 0 Å². The lowest BCUT2D eigenvalue weighted by Gasteiger charge is -2.13. The van der Waals surface area contributed by atoms with Crippen molar-refractivity contribution < 1.29 is 17.6 Å². The highest BCUT2D eigenvalue weighted by molar-refractivity contribution is 5.62. The van der Waals surface area contributed by atoms with Crippen LogP contribution in [0.15, 0.2) is 30.3 Å². The highest BCUT2D eigenvalue weighted by Gasteiger charge is 2.31. The van der Waals surface area contributed by atoms with Gasteiger partial charge in [0.05, 0.1) is 5.56 Å². The Morgan fingerprint density at radius 1 is 1.10 bits per heavy atom. The third-order valence-electron chi connectivity index (χ3n) is 2.76. The second-order valence-electron chi connectivity index (χ2n) is 4.35. The maximum Gasteiger partial charge on any atom is 0.416 e. The molecule has 2 rings (SSSR count). The molecule has 0 amide bonds. The maximum absolute atomic E-state index is 13.2. The Morgan fingerprint density at radius 2 is 1.76 bits per heavy atom. The van der Waals surface area contributed by atoms with Crippen LogP contribution in [-0.4, -0.2) is 4.98 Å². The monoisotopic (exact) mass is 300 g/mol. The fraction of sp³-hybridized carbons (Fsp3) is 0.154. The van der Waals surface area contributed by atoms with E-state index in [0.29, 0.717) is 11.3 Å². The summed E-state index contributed by atoms with van der Waals surface area (Å²) in [4.78, 5) is 3.86. The van der Waals surface area contributed by atoms with Gasteiger partial charge >= 0.3 is 6.18 Å². The Kier molecular flexibility index (Phi) is 3.99. The SMILES string of the molecule is Cc1ccc(F)cc1Nc1cc(C(F)(F)F)cc(NN)n1. The number of aryl methyl sites for hydroxylation is 1. The van der Waals surface area contributed by atoms with Crippen LogP contribution in [0.5, 0.6) is 0 Å². The molecular formula is C13H12F4N4. The highest BCUT2D eigenvalue weighted by Crippen LogP contribution is 2.32. The van der Waals surface area contributed by atoms with Crippen LogP contribution >= 0.6 is 0 Å². The standard InChI is InChI=1S/C13H12F4N4/c1-7-2-3-9(14)6-10(7)19-11-4-8(13(15,16)17)5-12(20-11)21-18/h2-6H,18H2,1H3,(H2,19,20,21). The molecule has 0 aliphatic rings. The largest absolute Gasteiger partial charge is 0.416 e. The summed E-state index contributed by atoms with van der Waals surface area (Å²) in [6.07, 6.45) is -4.54. The number of benzene rings is 1. The van der Waals surface area contributed by atoms with E-state index in [9.17, 15) is 17.6 Å². The van der Waals surface area contributed by atoms with Gasteiger partial charge in [-0.1, -0.05) is 6.07 Å². The normalized spacial score (nSPS) is 11.3. The first-order valence-corrected chi connectivity index (χ1v) is 5.88. The number of nitrogens with one attached hydrogen (secondary N) is 2. The summed E-state index contributed by atoms with van der Waals surface area (Å²) < 4.78 is 51.5. The number of nitrogens with two attached hydrogens (primary N) is 1. The first-order valence-electron chi connectivity index (χ1n) is 5.88. The Labute approximate surface area is 118 Å². The molecule has 4 nitrogen and oxygen atoms in total. The molecule has 0 aliphatic heterocycles. The number of hydrogen-bond donors (Lipinski definition) is 3. The molecule has 2 aromatic rings. The summed E-state index contributed by atoms with van der Waals surface area (Å²) >= 11 is 0. The van der Waals surface area contributed by atoms with Crippen molar-refractivity contribution in [2.75, 3.05) is 10.7 Å². The van der Waals surface area contributed by atoms with Gasteiger partial charge in [0, 0.05) is 5.69 Å². The molecule has 0 fully saturated rings. The zero-order valence-electron chi connectivity index (χ0n) is 10.9. The van der Waals surface area contributed by atoms with Crippen LogP contribution in [0.2, 0.25) is 0 Å². The summed E-state index contributed by atoms with van der Waals surface area (Å²) in [6, 6.07) is 5.54. The second kappa shape index (κ2) is 5.57. The van der Waals surface area contributed by atoms with Gasteiger partial charge in [0.25, 0.3) is 0 Å². The van der Waals surface area contributed by atoms with Gasteiger partial charge in [0.1, 0.15) is 17.5 Å². The summed E-state index contributed by atoms with van der Waals surface area (Å²) in [5.41, 5.74) is 2.14. The zero-order chi connectivity index (χ0) is 15.6. The molecule has 1 heterocycles. The van der Waals surface area contributed by atoms with Crippen LogP contribution < -0.4 is 16.6 Å². The minimum atomic E-state index is -4.54. The second-order valence-corrected chi connectivity index (χ2v) is 4.35. The number of nitrogen functional groups attached to an aromatic ring is 1. The van der Waals surface area contributed by atoms with Gasteiger partial charge in [-0.25, -0.2) is 15.2 Å². The first kappa shape index (κ1) is 15.0. The molecule has 112 valence electrons. The summed E-state index contributed by atoms with van der Waals surface area (Å²) in [5, 5.41) is 2.65. The molecule has 0 saturated carbocycles. The van der Waals surface area contributed by atoms with Crippen LogP contribution in [0.1, 0.15) is 11.1 Å². The van der Waals surface area contributed by atoms with Crippen LogP contribution in [-0.2, 0) is 6.18 Å². The number of halogens is 4.